The SMILES string of the molecule is CC(CC(O)c1ccc(F)cc1)NC(=O)CC(C)c1ccccc1. The van der Waals surface area contributed by atoms with Gasteiger partial charge in [-0.2, -0.15) is 0 Å². The third-order valence-corrected chi connectivity index (χ3v) is 4.10. The van der Waals surface area contributed by atoms with Crippen molar-refractivity contribution in [2.75, 3.05) is 0 Å². The second kappa shape index (κ2) is 8.60. The van der Waals surface area contributed by atoms with Gasteiger partial charge in [-0.3, -0.25) is 4.79 Å². The largest absolute Gasteiger partial charge is 0.388 e. The van der Waals surface area contributed by atoms with E-state index in [9.17, 15) is 14.3 Å². The first kappa shape index (κ1) is 18.1. The number of hydrogen-bond donors (Lipinski definition) is 2. The second-order valence-corrected chi connectivity index (χ2v) is 6.29. The fraction of sp³-hybridized carbons (Fsp3) is 0.350. The molecule has 2 aromatic carbocycles. The summed E-state index contributed by atoms with van der Waals surface area (Å²) in [4.78, 5) is 12.2. The first-order valence-electron chi connectivity index (χ1n) is 8.23. The number of halogens is 1. The molecule has 2 aromatic rings. The van der Waals surface area contributed by atoms with E-state index in [1.54, 1.807) is 12.1 Å². The lowest BCUT2D eigenvalue weighted by atomic mass is 9.97. The quantitative estimate of drug-likeness (QED) is 0.808. The molecule has 128 valence electrons. The van der Waals surface area contributed by atoms with Crippen LogP contribution in [0.25, 0.3) is 0 Å². The van der Waals surface area contributed by atoms with E-state index in [-0.39, 0.29) is 23.7 Å². The average molecular weight is 329 g/mol. The number of amides is 1. The number of carbonyl (C=O) groups is 1. The molecule has 3 nitrogen and oxygen atoms in total. The van der Waals surface area contributed by atoms with Gasteiger partial charge in [-0.1, -0.05) is 49.4 Å². The number of benzene rings is 2. The van der Waals surface area contributed by atoms with E-state index in [1.807, 2.05) is 44.2 Å². The predicted octanol–water partition coefficient (Wildman–Crippen LogP) is 3.95. The molecule has 4 heteroatoms. The zero-order chi connectivity index (χ0) is 17.5. The van der Waals surface area contributed by atoms with Gasteiger partial charge in [0.15, 0.2) is 0 Å². The summed E-state index contributed by atoms with van der Waals surface area (Å²) in [5, 5.41) is 13.1. The Hall–Kier alpha value is -2.20. The number of carbonyl (C=O) groups excluding carboxylic acids is 1. The van der Waals surface area contributed by atoms with Gasteiger partial charge in [0.1, 0.15) is 5.82 Å². The monoisotopic (exact) mass is 329 g/mol. The van der Waals surface area contributed by atoms with Crippen LogP contribution in [0.1, 0.15) is 49.8 Å². The van der Waals surface area contributed by atoms with Gasteiger partial charge in [-0.05, 0) is 42.5 Å². The molecule has 0 saturated carbocycles. The lowest BCUT2D eigenvalue weighted by Gasteiger charge is -2.19. The Bertz CT molecular complexity index is 642. The highest BCUT2D eigenvalue weighted by Gasteiger charge is 2.16. The summed E-state index contributed by atoms with van der Waals surface area (Å²) in [6.45, 7) is 3.88. The van der Waals surface area contributed by atoms with Crippen molar-refractivity contribution in [2.24, 2.45) is 0 Å². The third-order valence-electron chi connectivity index (χ3n) is 4.10. The van der Waals surface area contributed by atoms with Gasteiger partial charge in [0.25, 0.3) is 0 Å². The summed E-state index contributed by atoms with van der Waals surface area (Å²) >= 11 is 0. The maximum Gasteiger partial charge on any atom is 0.220 e. The molecule has 0 heterocycles. The second-order valence-electron chi connectivity index (χ2n) is 6.29. The van der Waals surface area contributed by atoms with Gasteiger partial charge in [0, 0.05) is 12.5 Å². The predicted molar refractivity (Wildman–Crippen MR) is 93.1 cm³/mol. The Labute approximate surface area is 142 Å². The fourth-order valence-electron chi connectivity index (χ4n) is 2.73. The zero-order valence-electron chi connectivity index (χ0n) is 14.1. The fourth-order valence-corrected chi connectivity index (χ4v) is 2.73. The van der Waals surface area contributed by atoms with E-state index in [4.69, 9.17) is 0 Å². The first-order valence-corrected chi connectivity index (χ1v) is 8.23. The van der Waals surface area contributed by atoms with Gasteiger partial charge in [-0.15, -0.1) is 0 Å². The molecular weight excluding hydrogens is 305 g/mol. The van der Waals surface area contributed by atoms with Crippen molar-refractivity contribution in [3.05, 3.63) is 71.5 Å². The van der Waals surface area contributed by atoms with Gasteiger partial charge < -0.3 is 10.4 Å². The number of aliphatic hydroxyl groups excluding tert-OH is 1. The summed E-state index contributed by atoms with van der Waals surface area (Å²) < 4.78 is 12.9. The highest BCUT2D eigenvalue weighted by atomic mass is 19.1. The van der Waals surface area contributed by atoms with Crippen LogP contribution in [-0.2, 0) is 4.79 Å². The molecule has 0 aliphatic heterocycles. The highest BCUT2D eigenvalue weighted by molar-refractivity contribution is 5.77. The van der Waals surface area contributed by atoms with E-state index in [2.05, 4.69) is 5.32 Å². The number of nitrogens with one attached hydrogen (secondary N) is 1. The van der Waals surface area contributed by atoms with Crippen molar-refractivity contribution in [1.82, 2.24) is 5.32 Å². The van der Waals surface area contributed by atoms with Crippen LogP contribution in [0.3, 0.4) is 0 Å². The van der Waals surface area contributed by atoms with Gasteiger partial charge >= 0.3 is 0 Å². The smallest absolute Gasteiger partial charge is 0.220 e. The minimum Gasteiger partial charge on any atom is -0.388 e. The molecule has 0 radical (unpaired) electrons. The molecule has 0 aliphatic carbocycles. The summed E-state index contributed by atoms with van der Waals surface area (Å²) in [5.41, 5.74) is 1.78. The molecule has 2 N–H and O–H groups in total. The molecular formula is C20H24FNO2. The molecule has 0 aliphatic rings. The van der Waals surface area contributed by atoms with Crippen LogP contribution in [0.4, 0.5) is 4.39 Å². The topological polar surface area (TPSA) is 49.3 Å². The maximum absolute atomic E-state index is 12.9. The molecule has 0 spiro atoms. The van der Waals surface area contributed by atoms with Crippen molar-refractivity contribution in [3.63, 3.8) is 0 Å². The molecule has 0 bridgehead atoms. The van der Waals surface area contributed by atoms with Crippen LogP contribution in [0.2, 0.25) is 0 Å². The number of aliphatic hydroxyl groups is 1. The Balaban J connectivity index is 1.82. The third kappa shape index (κ3) is 5.46. The summed E-state index contributed by atoms with van der Waals surface area (Å²) in [6.07, 6.45) is 0.0606. The normalized spacial score (nSPS) is 14.7. The first-order chi connectivity index (χ1) is 11.5. The van der Waals surface area contributed by atoms with Crippen LogP contribution in [0.15, 0.2) is 54.6 Å². The van der Waals surface area contributed by atoms with Gasteiger partial charge in [-0.25, -0.2) is 4.39 Å². The lowest BCUT2D eigenvalue weighted by molar-refractivity contribution is -0.122. The van der Waals surface area contributed by atoms with Crippen molar-refractivity contribution in [1.29, 1.82) is 0 Å². The molecule has 0 saturated heterocycles. The van der Waals surface area contributed by atoms with Crippen molar-refractivity contribution in [2.45, 2.75) is 44.8 Å². The van der Waals surface area contributed by atoms with E-state index in [1.165, 1.54) is 12.1 Å². The van der Waals surface area contributed by atoms with Crippen LogP contribution in [0, 0.1) is 5.82 Å². The number of hydrogen-bond acceptors (Lipinski definition) is 2. The van der Waals surface area contributed by atoms with Crippen LogP contribution in [0.5, 0.6) is 0 Å². The molecule has 0 aromatic heterocycles. The van der Waals surface area contributed by atoms with Gasteiger partial charge in [0.05, 0.1) is 6.10 Å². The zero-order valence-corrected chi connectivity index (χ0v) is 14.1. The molecule has 3 atom stereocenters. The summed E-state index contributed by atoms with van der Waals surface area (Å²) in [6, 6.07) is 15.5. The minimum absolute atomic E-state index is 0.0369. The van der Waals surface area contributed by atoms with Gasteiger partial charge in [0.2, 0.25) is 5.91 Å². The van der Waals surface area contributed by atoms with E-state index in [0.717, 1.165) is 5.56 Å². The van der Waals surface area contributed by atoms with Crippen LogP contribution >= 0.6 is 0 Å². The number of rotatable bonds is 7. The van der Waals surface area contributed by atoms with Crippen molar-refractivity contribution < 1.29 is 14.3 Å². The highest BCUT2D eigenvalue weighted by Crippen LogP contribution is 2.20. The van der Waals surface area contributed by atoms with Crippen LogP contribution in [-0.4, -0.2) is 17.1 Å². The summed E-state index contributed by atoms with van der Waals surface area (Å²) in [7, 11) is 0. The Morgan fingerprint density at radius 1 is 1.04 bits per heavy atom. The standard InChI is InChI=1S/C20H24FNO2/c1-14(16-6-4-3-5-7-16)12-20(24)22-15(2)13-19(23)17-8-10-18(21)11-9-17/h3-11,14-15,19,23H,12-13H2,1-2H3,(H,22,24). The average Bonchev–Trinajstić information content (AvgIpc) is 2.55. The van der Waals surface area contributed by atoms with Crippen LogP contribution < -0.4 is 5.32 Å². The lowest BCUT2D eigenvalue weighted by Crippen LogP contribution is -2.34. The van der Waals surface area contributed by atoms with Crippen molar-refractivity contribution in [3.8, 4) is 0 Å². The minimum atomic E-state index is -0.729. The molecule has 2 rings (SSSR count). The molecule has 24 heavy (non-hydrogen) atoms. The molecule has 0 fully saturated rings. The molecule has 3 unspecified atom stereocenters. The summed E-state index contributed by atoms with van der Waals surface area (Å²) in [5.74, 6) is -0.229. The Kier molecular flexibility index (Phi) is 6.50. The van der Waals surface area contributed by atoms with Crippen molar-refractivity contribution >= 4 is 5.91 Å². The van der Waals surface area contributed by atoms with E-state index < -0.39 is 6.10 Å². The Morgan fingerprint density at radius 2 is 1.67 bits per heavy atom. The van der Waals surface area contributed by atoms with E-state index in [0.29, 0.717) is 18.4 Å². The maximum atomic E-state index is 12.9. The molecule has 1 amide bonds. The Morgan fingerprint density at radius 3 is 2.29 bits per heavy atom. The van der Waals surface area contributed by atoms with E-state index >= 15 is 0 Å².